The zero-order valence-corrected chi connectivity index (χ0v) is 42.5. The molecule has 332 valence electrons. The van der Waals surface area contributed by atoms with Crippen molar-refractivity contribution in [2.24, 2.45) is 0 Å². The molecule has 6 nitrogen and oxygen atoms in total. The Hall–Kier alpha value is 0.259. The van der Waals surface area contributed by atoms with Crippen molar-refractivity contribution < 1.29 is 23.6 Å². The van der Waals surface area contributed by atoms with Crippen molar-refractivity contribution in [3.05, 3.63) is 0 Å². The number of unbranched alkanes of at least 4 members (excludes halogenated alkanes) is 30. The quantitative estimate of drug-likeness (QED) is 0.0321. The third-order valence-corrected chi connectivity index (χ3v) is 17.2. The number of hydrogen-bond donors (Lipinski definition) is 3. The Morgan fingerprint density at radius 2 is 0.500 bits per heavy atom. The smallest absolute Gasteiger partial charge is 0.0654 e. The standard InChI is InChI=1S/3C15H30O2S.CH3.Sn/c3*1-2-3-4-5-6-7-8-9-10-11-12-13-14(18)15(16)17;;/h3*14,18H,2-13H2,1H3,(H,16,17);1H3;/q;;;;+3/p-3. The van der Waals surface area contributed by atoms with Crippen LogP contribution in [0.1, 0.15) is 252 Å². The third kappa shape index (κ3) is 35.1. The van der Waals surface area contributed by atoms with E-state index in [1.807, 2.05) is 0 Å². The first-order valence-corrected chi connectivity index (χ1v) is 31.7. The van der Waals surface area contributed by atoms with E-state index in [0.29, 0.717) is 19.3 Å². The number of carbonyl (C=O) groups excluding carboxylic acids is 3. The molecule has 56 heavy (non-hydrogen) atoms. The second-order valence-electron chi connectivity index (χ2n) is 16.6. The van der Waals surface area contributed by atoms with Gasteiger partial charge in [0.05, 0.1) is 0 Å². The molecule has 3 atom stereocenters. The first-order valence-electron chi connectivity index (χ1n) is 23.8. The summed E-state index contributed by atoms with van der Waals surface area (Å²) in [6, 6.07) is 0. The SMILES string of the molecule is CCCCCCCCCCCCCC(S)C(=O)[O][Sn]([CH3])([O]C(=O)C(S)CCCCCCCCCCCCC)[O]C(=O)C(S)CCCCCCCCCCCCC. The fourth-order valence-electron chi connectivity index (χ4n) is 7.17. The van der Waals surface area contributed by atoms with E-state index in [1.165, 1.54) is 159 Å². The van der Waals surface area contributed by atoms with Crippen LogP contribution < -0.4 is 0 Å². The van der Waals surface area contributed by atoms with Gasteiger partial charge in [0.2, 0.25) is 0 Å². The fraction of sp³-hybridized carbons (Fsp3) is 0.935. The van der Waals surface area contributed by atoms with Crippen molar-refractivity contribution in [1.29, 1.82) is 0 Å². The van der Waals surface area contributed by atoms with Crippen molar-refractivity contribution >= 4 is 75.4 Å². The van der Waals surface area contributed by atoms with Gasteiger partial charge in [0.15, 0.2) is 0 Å². The van der Waals surface area contributed by atoms with Crippen LogP contribution in [0.2, 0.25) is 4.94 Å². The molecule has 0 aromatic carbocycles. The summed E-state index contributed by atoms with van der Waals surface area (Å²) in [7, 11) is 0. The van der Waals surface area contributed by atoms with Gasteiger partial charge in [-0.3, -0.25) is 0 Å². The summed E-state index contributed by atoms with van der Waals surface area (Å²) in [6.07, 6.45) is 42.0. The molecule has 10 heteroatoms. The van der Waals surface area contributed by atoms with E-state index in [0.717, 1.165) is 57.8 Å². The molecule has 0 N–H and O–H groups in total. The van der Waals surface area contributed by atoms with Gasteiger partial charge in [-0.15, -0.1) is 0 Å². The van der Waals surface area contributed by atoms with Gasteiger partial charge in [-0.05, 0) is 0 Å². The normalized spacial score (nSPS) is 14.2. The molecule has 0 rings (SSSR count). The monoisotopic (exact) mass is 954 g/mol. The second kappa shape index (κ2) is 40.7. The van der Waals surface area contributed by atoms with Crippen molar-refractivity contribution in [3.8, 4) is 0 Å². The number of rotatable bonds is 42. The Morgan fingerprint density at radius 3 is 0.679 bits per heavy atom. The Kier molecular flexibility index (Phi) is 40.8. The zero-order chi connectivity index (χ0) is 41.5. The van der Waals surface area contributed by atoms with E-state index in [4.69, 9.17) is 9.22 Å². The van der Waals surface area contributed by atoms with Gasteiger partial charge in [-0.1, -0.05) is 78.6 Å². The number of hydrogen-bond acceptors (Lipinski definition) is 9. The van der Waals surface area contributed by atoms with Crippen LogP contribution in [-0.2, 0) is 23.6 Å². The molecule has 0 heterocycles. The Bertz CT molecular complexity index is 813. The van der Waals surface area contributed by atoms with E-state index in [1.54, 1.807) is 0 Å². The molecule has 0 radical (unpaired) electrons. The third-order valence-electron chi connectivity index (χ3n) is 10.9. The molecule has 0 saturated heterocycles. The molecule has 0 saturated carbocycles. The molecule has 0 aliphatic carbocycles. The van der Waals surface area contributed by atoms with E-state index < -0.39 is 53.3 Å². The van der Waals surface area contributed by atoms with Gasteiger partial charge in [-0.25, -0.2) is 0 Å². The molecule has 0 aromatic heterocycles. The van der Waals surface area contributed by atoms with Crippen molar-refractivity contribution in [2.45, 2.75) is 273 Å². The summed E-state index contributed by atoms with van der Waals surface area (Å²) < 4.78 is 17.6. The van der Waals surface area contributed by atoms with Crippen molar-refractivity contribution in [1.82, 2.24) is 0 Å². The minimum absolute atomic E-state index is 0.560. The van der Waals surface area contributed by atoms with Crippen molar-refractivity contribution in [3.63, 3.8) is 0 Å². The Morgan fingerprint density at radius 1 is 0.339 bits per heavy atom. The van der Waals surface area contributed by atoms with Crippen LogP contribution in [-0.4, -0.2) is 53.3 Å². The molecule has 0 bridgehead atoms. The molecular weight excluding hydrogens is 863 g/mol. The van der Waals surface area contributed by atoms with E-state index in [9.17, 15) is 14.4 Å². The van der Waals surface area contributed by atoms with E-state index in [2.05, 4.69) is 58.7 Å². The second-order valence-corrected chi connectivity index (χ2v) is 25.2. The molecule has 0 aliphatic heterocycles. The molecule has 3 unspecified atom stereocenters. The maximum absolute atomic E-state index is 13.3. The van der Waals surface area contributed by atoms with Gasteiger partial charge in [-0.2, -0.15) is 0 Å². The van der Waals surface area contributed by atoms with Gasteiger partial charge in [0.25, 0.3) is 0 Å². The first-order chi connectivity index (χ1) is 27.1. The molecular formula is C46H90O6S3Sn. The average Bonchev–Trinajstić information content (AvgIpc) is 3.17. The van der Waals surface area contributed by atoms with Gasteiger partial charge >= 0.3 is 293 Å². The van der Waals surface area contributed by atoms with Crippen LogP contribution in [0.4, 0.5) is 0 Å². The summed E-state index contributed by atoms with van der Waals surface area (Å²) in [5.74, 6) is -1.75. The van der Waals surface area contributed by atoms with Crippen LogP contribution in [0.25, 0.3) is 0 Å². The predicted molar refractivity (Wildman–Crippen MR) is 251 cm³/mol. The van der Waals surface area contributed by atoms with Gasteiger partial charge < -0.3 is 0 Å². The van der Waals surface area contributed by atoms with Crippen LogP contribution in [0.15, 0.2) is 0 Å². The van der Waals surface area contributed by atoms with Crippen LogP contribution in [0, 0.1) is 0 Å². The van der Waals surface area contributed by atoms with Gasteiger partial charge in [0, 0.05) is 0 Å². The summed E-state index contributed by atoms with van der Waals surface area (Å²) in [5, 5.41) is -2.02. The summed E-state index contributed by atoms with van der Waals surface area (Å²) >= 11 is 8.66. The maximum atomic E-state index is 13.3. The number of thiol groups is 3. The fourth-order valence-corrected chi connectivity index (χ4v) is 13.4. The van der Waals surface area contributed by atoms with Crippen LogP contribution in [0.5, 0.6) is 0 Å². The minimum atomic E-state index is -5.01. The number of carbonyl (C=O) groups is 3. The summed E-state index contributed by atoms with van der Waals surface area (Å²) in [4.78, 5) is 41.4. The molecule has 0 spiro atoms. The Balaban J connectivity index is 4.88. The van der Waals surface area contributed by atoms with Crippen LogP contribution >= 0.6 is 37.9 Å². The zero-order valence-electron chi connectivity index (χ0n) is 37.0. The predicted octanol–water partition coefficient (Wildman–Crippen LogP) is 15.2. The molecule has 0 aliphatic rings. The minimum Gasteiger partial charge on any atom is -0.0654 e. The van der Waals surface area contributed by atoms with Crippen LogP contribution in [0.3, 0.4) is 0 Å². The topological polar surface area (TPSA) is 78.9 Å². The van der Waals surface area contributed by atoms with E-state index in [-0.39, 0.29) is 0 Å². The summed E-state index contributed by atoms with van der Waals surface area (Å²) in [6.45, 7) is 6.75. The van der Waals surface area contributed by atoms with E-state index >= 15 is 0 Å². The summed E-state index contributed by atoms with van der Waals surface area (Å²) in [5.41, 5.74) is 0. The Labute approximate surface area is 369 Å². The van der Waals surface area contributed by atoms with Crippen molar-refractivity contribution in [2.75, 3.05) is 0 Å². The first kappa shape index (κ1) is 56.3. The molecule has 0 fully saturated rings. The molecule has 0 amide bonds. The van der Waals surface area contributed by atoms with Gasteiger partial charge in [0.1, 0.15) is 0 Å². The average molecular weight is 954 g/mol. The molecule has 0 aromatic rings.